The van der Waals surface area contributed by atoms with Crippen molar-refractivity contribution in [2.24, 2.45) is 0 Å². The molecule has 2 aromatic rings. The molecule has 0 aromatic heterocycles. The summed E-state index contributed by atoms with van der Waals surface area (Å²) < 4.78 is 16.2. The van der Waals surface area contributed by atoms with E-state index < -0.39 is 47.9 Å². The topological polar surface area (TPSA) is 18.5 Å². The van der Waals surface area contributed by atoms with Crippen LogP contribution in [-0.2, 0) is 32.1 Å². The van der Waals surface area contributed by atoms with Gasteiger partial charge in [-0.15, -0.1) is 0 Å². The number of benzene rings is 2. The standard InChI is InChI=1S/C36H54O2Si3.2ClH.Zr/c1-13-23-35(3,4)40(9,10)37-33-29-21-17-15-19-27(29)25-31(33)39(7,8)32-26-28-20-16-18-22-30(28)34(32)38-41(11,12)36(5,6)24-14-2;;;/h15-22,25-26H,13-14,23-24H2,1-12H3;2*1H;/q;;;+2/p-2. The molecule has 0 N–H and O–H groups in total. The van der Waals surface area contributed by atoms with E-state index in [0.29, 0.717) is 7.25 Å². The summed E-state index contributed by atoms with van der Waals surface area (Å²) in [4.78, 5) is 0. The van der Waals surface area contributed by atoms with Gasteiger partial charge in [-0.3, -0.25) is 0 Å². The van der Waals surface area contributed by atoms with E-state index in [4.69, 9.17) is 8.85 Å². The Balaban J connectivity index is 0.00000264. The predicted molar refractivity (Wildman–Crippen MR) is 185 cm³/mol. The van der Waals surface area contributed by atoms with Gasteiger partial charge in [0.15, 0.2) is 0 Å². The molecule has 2 aromatic carbocycles. The molecule has 0 radical (unpaired) electrons. The first-order chi connectivity index (χ1) is 19.5. The average molecular weight is 765 g/mol. The average Bonchev–Trinajstić information content (AvgIpc) is 3.37. The quantitative estimate of drug-likeness (QED) is 0.302. The summed E-state index contributed by atoms with van der Waals surface area (Å²) in [6.45, 7) is 29.6. The molecule has 0 unspecified atom stereocenters. The molecule has 2 atom stereocenters. The normalized spacial score (nSPS) is 20.3. The SMILES string of the molecule is CCCC(C)(C)[Si](C)(C)OC1=C2[C@@H]([Zr+2][C@H]3C(=C(O[Si](C)(C)C(C)(C)CCC)c4ccccc43)[Si]2(C)C)c2ccccc21.[Cl-].[Cl-]. The molecular weight excluding hydrogens is 711 g/mol. The molecule has 1 saturated heterocycles. The van der Waals surface area contributed by atoms with Crippen molar-refractivity contribution in [2.45, 2.75) is 124 Å². The second-order valence-electron chi connectivity index (χ2n) is 15.8. The van der Waals surface area contributed by atoms with E-state index in [2.05, 4.69) is 129 Å². The summed E-state index contributed by atoms with van der Waals surface area (Å²) in [6.07, 6.45) is 4.83. The van der Waals surface area contributed by atoms with E-state index in [0.717, 1.165) is 0 Å². The Morgan fingerprint density at radius 1 is 0.659 bits per heavy atom. The second-order valence-corrected chi connectivity index (χ2v) is 33.0. The molecule has 3 aliphatic rings. The van der Waals surface area contributed by atoms with Crippen LogP contribution in [0.25, 0.3) is 11.5 Å². The van der Waals surface area contributed by atoms with Gasteiger partial charge in [-0.05, 0) is 0 Å². The smallest absolute Gasteiger partial charge is 1.00 e. The second kappa shape index (κ2) is 13.3. The molecule has 1 fully saturated rings. The Kier molecular flexibility index (Phi) is 11.5. The molecule has 0 amide bonds. The summed E-state index contributed by atoms with van der Waals surface area (Å²) in [7, 11) is -6.27. The van der Waals surface area contributed by atoms with Crippen LogP contribution in [-0.4, -0.2) is 24.7 Å². The monoisotopic (exact) mass is 762 g/mol. The number of hydrogen-bond donors (Lipinski definition) is 0. The Morgan fingerprint density at radius 2 is 1.00 bits per heavy atom. The van der Waals surface area contributed by atoms with Gasteiger partial charge in [0, 0.05) is 0 Å². The fourth-order valence-electron chi connectivity index (χ4n) is 7.58. The van der Waals surface area contributed by atoms with Crippen LogP contribution >= 0.6 is 0 Å². The van der Waals surface area contributed by atoms with Gasteiger partial charge in [0.25, 0.3) is 0 Å². The largest absolute Gasteiger partial charge is 1.00 e. The molecule has 1 aliphatic heterocycles. The molecule has 2 nitrogen and oxygen atoms in total. The minimum atomic E-state index is -2.13. The Morgan fingerprint density at radius 3 is 1.34 bits per heavy atom. The number of hydrogen-bond acceptors (Lipinski definition) is 2. The van der Waals surface area contributed by atoms with Crippen molar-refractivity contribution in [1.29, 1.82) is 0 Å². The van der Waals surface area contributed by atoms with E-state index in [9.17, 15) is 0 Å². The molecule has 0 bridgehead atoms. The van der Waals surface area contributed by atoms with Gasteiger partial charge in [0.05, 0.1) is 0 Å². The first-order valence-electron chi connectivity index (χ1n) is 16.3. The van der Waals surface area contributed by atoms with Crippen molar-refractivity contribution in [3.8, 4) is 0 Å². The molecule has 1 heterocycles. The molecule has 44 heavy (non-hydrogen) atoms. The maximum atomic E-state index is 7.52. The summed E-state index contributed by atoms with van der Waals surface area (Å²) in [6, 6.07) is 18.6. The van der Waals surface area contributed by atoms with Gasteiger partial charge in [0.1, 0.15) is 0 Å². The van der Waals surface area contributed by atoms with E-state index in [1.807, 2.05) is 0 Å². The minimum absolute atomic E-state index is 0. The Hall–Kier alpha value is -0.366. The summed E-state index contributed by atoms with van der Waals surface area (Å²) in [5.41, 5.74) is 5.94. The number of rotatable bonds is 10. The van der Waals surface area contributed by atoms with Gasteiger partial charge in [0.2, 0.25) is 0 Å². The van der Waals surface area contributed by atoms with Crippen molar-refractivity contribution in [2.75, 3.05) is 0 Å². The summed E-state index contributed by atoms with van der Waals surface area (Å²) >= 11 is -0.970. The first-order valence-corrected chi connectivity index (χ1v) is 28.0. The van der Waals surface area contributed by atoms with Crippen LogP contribution in [0.3, 0.4) is 0 Å². The first kappa shape index (κ1) is 38.1. The molecular formula is C36H54Cl2O2Si3Zr. The van der Waals surface area contributed by atoms with Gasteiger partial charge < -0.3 is 24.8 Å². The zero-order chi connectivity index (χ0) is 30.9. The zero-order valence-corrected chi connectivity index (χ0v) is 36.1. The Bertz CT molecular complexity index is 1340. The van der Waals surface area contributed by atoms with Gasteiger partial charge in [-0.2, -0.15) is 0 Å². The molecule has 5 rings (SSSR count). The Labute approximate surface area is 295 Å². The summed E-state index contributed by atoms with van der Waals surface area (Å²) in [5.74, 6) is 2.58. The molecule has 0 spiro atoms. The molecule has 0 saturated carbocycles. The van der Waals surface area contributed by atoms with Gasteiger partial charge in [-0.25, -0.2) is 0 Å². The van der Waals surface area contributed by atoms with Crippen molar-refractivity contribution in [3.05, 3.63) is 81.2 Å². The predicted octanol–water partition coefficient (Wildman–Crippen LogP) is 5.41. The van der Waals surface area contributed by atoms with E-state index >= 15 is 0 Å². The van der Waals surface area contributed by atoms with Crippen LogP contribution in [0, 0.1) is 0 Å². The third kappa shape index (κ3) is 6.16. The van der Waals surface area contributed by atoms with Crippen molar-refractivity contribution < 1.29 is 56.9 Å². The van der Waals surface area contributed by atoms with E-state index in [1.165, 1.54) is 48.3 Å². The third-order valence-electron chi connectivity index (χ3n) is 11.5. The maximum Gasteiger partial charge on any atom is -1.00 e. The number of halogens is 2. The number of fused-ring (bicyclic) bond motifs is 6. The number of allylic oxidation sites excluding steroid dienone is 2. The molecule has 8 heteroatoms. The van der Waals surface area contributed by atoms with Crippen LogP contribution in [0.5, 0.6) is 0 Å². The van der Waals surface area contributed by atoms with Crippen LogP contribution in [0.2, 0.25) is 49.4 Å². The zero-order valence-electron chi connectivity index (χ0n) is 29.2. The van der Waals surface area contributed by atoms with E-state index in [1.54, 1.807) is 21.5 Å². The van der Waals surface area contributed by atoms with Gasteiger partial charge in [-0.1, -0.05) is 0 Å². The minimum Gasteiger partial charge on any atom is -1.00 e. The fourth-order valence-corrected chi connectivity index (χ4v) is 25.8. The molecule has 240 valence electrons. The molecule has 2 aliphatic carbocycles. The maximum absolute atomic E-state index is 7.52. The fraction of sp³-hybridized carbons (Fsp3) is 0.556. The third-order valence-corrected chi connectivity index (χ3v) is 29.7. The van der Waals surface area contributed by atoms with Crippen molar-refractivity contribution in [3.63, 3.8) is 0 Å². The van der Waals surface area contributed by atoms with Crippen LogP contribution in [0.15, 0.2) is 58.9 Å². The van der Waals surface area contributed by atoms with E-state index in [-0.39, 0.29) is 34.9 Å². The van der Waals surface area contributed by atoms with Gasteiger partial charge >= 0.3 is 273 Å². The van der Waals surface area contributed by atoms with Crippen molar-refractivity contribution in [1.82, 2.24) is 0 Å². The van der Waals surface area contributed by atoms with Crippen LogP contribution in [0.4, 0.5) is 0 Å². The van der Waals surface area contributed by atoms with Crippen LogP contribution in [0.1, 0.15) is 96.7 Å². The van der Waals surface area contributed by atoms with Crippen molar-refractivity contribution >= 4 is 36.2 Å². The summed E-state index contributed by atoms with van der Waals surface area (Å²) in [5, 5.41) is 3.83. The van der Waals surface area contributed by atoms with Crippen LogP contribution < -0.4 is 24.8 Å².